The van der Waals surface area contributed by atoms with Gasteiger partial charge in [-0.05, 0) is 19.1 Å². The van der Waals surface area contributed by atoms with Gasteiger partial charge in [0.2, 0.25) is 0 Å². The summed E-state index contributed by atoms with van der Waals surface area (Å²) in [6.45, 7) is 3.29. The van der Waals surface area contributed by atoms with Crippen molar-refractivity contribution in [3.05, 3.63) is 29.8 Å². The molecule has 1 aromatic rings. The summed E-state index contributed by atoms with van der Waals surface area (Å²) in [6, 6.07) is 8.13. The van der Waals surface area contributed by atoms with Crippen LogP contribution in [0.1, 0.15) is 5.56 Å². The van der Waals surface area contributed by atoms with Crippen molar-refractivity contribution < 1.29 is 8.42 Å². The van der Waals surface area contributed by atoms with Crippen molar-refractivity contribution in [2.75, 3.05) is 30.3 Å². The highest BCUT2D eigenvalue weighted by atomic mass is 32.2. The van der Waals surface area contributed by atoms with Crippen LogP contribution in [0.3, 0.4) is 0 Å². The summed E-state index contributed by atoms with van der Waals surface area (Å²) in [6.07, 6.45) is 0. The lowest BCUT2D eigenvalue weighted by atomic mass is 10.2. The minimum absolute atomic E-state index is 0.197. The number of rotatable bonds is 2. The SMILES string of the molecule is Cc1ccc(N2CCS(=O)(=O)C(CN)C2)cc1. The van der Waals surface area contributed by atoms with Crippen molar-refractivity contribution in [1.82, 2.24) is 0 Å². The second kappa shape index (κ2) is 4.66. The van der Waals surface area contributed by atoms with E-state index in [9.17, 15) is 8.42 Å². The average Bonchev–Trinajstić information content (AvgIpc) is 2.30. The van der Waals surface area contributed by atoms with Gasteiger partial charge in [-0.15, -0.1) is 0 Å². The molecule has 0 radical (unpaired) electrons. The Morgan fingerprint density at radius 1 is 1.35 bits per heavy atom. The second-order valence-electron chi connectivity index (χ2n) is 4.51. The first-order chi connectivity index (χ1) is 8.03. The molecule has 0 aromatic heterocycles. The van der Waals surface area contributed by atoms with Crippen LogP contribution in [0, 0.1) is 6.92 Å². The average molecular weight is 254 g/mol. The van der Waals surface area contributed by atoms with E-state index in [1.807, 2.05) is 31.2 Å². The molecule has 0 aliphatic carbocycles. The third kappa shape index (κ3) is 2.61. The van der Waals surface area contributed by atoms with E-state index in [0.29, 0.717) is 13.1 Å². The standard InChI is InChI=1S/C12H18N2O2S/c1-10-2-4-11(5-3-10)14-6-7-17(15,16)12(8-13)9-14/h2-5,12H,6-9,13H2,1H3. The van der Waals surface area contributed by atoms with Gasteiger partial charge in [0.25, 0.3) is 0 Å². The largest absolute Gasteiger partial charge is 0.369 e. The van der Waals surface area contributed by atoms with Crippen LogP contribution in [-0.4, -0.2) is 39.1 Å². The van der Waals surface area contributed by atoms with Gasteiger partial charge >= 0.3 is 0 Å². The smallest absolute Gasteiger partial charge is 0.157 e. The van der Waals surface area contributed by atoms with Crippen LogP contribution < -0.4 is 10.6 Å². The van der Waals surface area contributed by atoms with Crippen LogP contribution in [0.2, 0.25) is 0 Å². The van der Waals surface area contributed by atoms with Crippen LogP contribution >= 0.6 is 0 Å². The molecule has 2 rings (SSSR count). The molecule has 1 aliphatic rings. The van der Waals surface area contributed by atoms with Crippen LogP contribution in [-0.2, 0) is 9.84 Å². The molecule has 1 saturated heterocycles. The molecule has 0 bridgehead atoms. The van der Waals surface area contributed by atoms with Gasteiger partial charge in [-0.3, -0.25) is 0 Å². The van der Waals surface area contributed by atoms with Gasteiger partial charge < -0.3 is 10.6 Å². The number of sulfone groups is 1. The maximum Gasteiger partial charge on any atom is 0.157 e. The predicted molar refractivity (Wildman–Crippen MR) is 70.0 cm³/mol. The molecule has 1 unspecified atom stereocenters. The van der Waals surface area contributed by atoms with E-state index in [1.54, 1.807) is 0 Å². The molecule has 1 aromatic carbocycles. The molecule has 4 nitrogen and oxygen atoms in total. The molecule has 0 saturated carbocycles. The van der Waals surface area contributed by atoms with Crippen molar-refractivity contribution >= 4 is 15.5 Å². The predicted octanol–water partition coefficient (Wildman–Crippen LogP) is 0.557. The fourth-order valence-corrected chi connectivity index (χ4v) is 3.57. The zero-order chi connectivity index (χ0) is 12.5. The van der Waals surface area contributed by atoms with Gasteiger partial charge in [0, 0.05) is 25.3 Å². The molecule has 0 spiro atoms. The molecular weight excluding hydrogens is 236 g/mol. The Kier molecular flexibility index (Phi) is 3.40. The van der Waals surface area contributed by atoms with Gasteiger partial charge in [-0.1, -0.05) is 17.7 Å². The fraction of sp³-hybridized carbons (Fsp3) is 0.500. The van der Waals surface area contributed by atoms with E-state index in [1.165, 1.54) is 5.56 Å². The van der Waals surface area contributed by atoms with Crippen LogP contribution in [0.4, 0.5) is 5.69 Å². The van der Waals surface area contributed by atoms with Crippen molar-refractivity contribution in [3.8, 4) is 0 Å². The Labute approximate surface area is 102 Å². The number of aryl methyl sites for hydroxylation is 1. The van der Waals surface area contributed by atoms with E-state index < -0.39 is 15.1 Å². The number of hydrogen-bond acceptors (Lipinski definition) is 4. The van der Waals surface area contributed by atoms with Crippen molar-refractivity contribution in [3.63, 3.8) is 0 Å². The Bertz CT molecular complexity index is 482. The first-order valence-corrected chi connectivity index (χ1v) is 7.48. The zero-order valence-corrected chi connectivity index (χ0v) is 10.8. The Hall–Kier alpha value is -1.07. The van der Waals surface area contributed by atoms with Crippen molar-refractivity contribution in [2.24, 2.45) is 5.73 Å². The topological polar surface area (TPSA) is 63.4 Å². The summed E-state index contributed by atoms with van der Waals surface area (Å²) in [5, 5.41) is -0.433. The van der Waals surface area contributed by atoms with Crippen LogP contribution in [0.15, 0.2) is 24.3 Å². The number of nitrogens with zero attached hydrogens (tertiary/aromatic N) is 1. The third-order valence-corrected chi connectivity index (χ3v) is 5.35. The van der Waals surface area contributed by atoms with Gasteiger partial charge in [-0.2, -0.15) is 0 Å². The van der Waals surface area contributed by atoms with Gasteiger partial charge in [0.05, 0.1) is 11.0 Å². The van der Waals surface area contributed by atoms with Crippen molar-refractivity contribution in [1.29, 1.82) is 0 Å². The lowest BCUT2D eigenvalue weighted by Crippen LogP contribution is -2.50. The first-order valence-electron chi connectivity index (χ1n) is 5.76. The molecule has 1 atom stereocenters. The molecule has 5 heteroatoms. The minimum Gasteiger partial charge on any atom is -0.369 e. The molecule has 2 N–H and O–H groups in total. The monoisotopic (exact) mass is 254 g/mol. The van der Waals surface area contributed by atoms with E-state index in [2.05, 4.69) is 4.90 Å². The van der Waals surface area contributed by atoms with Gasteiger partial charge in [0.1, 0.15) is 0 Å². The summed E-state index contributed by atoms with van der Waals surface area (Å²) >= 11 is 0. The minimum atomic E-state index is -2.99. The molecule has 94 valence electrons. The third-order valence-electron chi connectivity index (χ3n) is 3.24. The Balaban J connectivity index is 2.17. The zero-order valence-electron chi connectivity index (χ0n) is 9.96. The number of hydrogen-bond donors (Lipinski definition) is 1. The summed E-state index contributed by atoms with van der Waals surface area (Å²) in [5.41, 5.74) is 7.81. The Morgan fingerprint density at radius 2 is 2.00 bits per heavy atom. The van der Waals surface area contributed by atoms with E-state index in [-0.39, 0.29) is 12.3 Å². The second-order valence-corrected chi connectivity index (χ2v) is 6.91. The van der Waals surface area contributed by atoms with Gasteiger partial charge in [0.15, 0.2) is 9.84 Å². The molecule has 1 heterocycles. The fourth-order valence-electron chi connectivity index (χ4n) is 2.07. The summed E-state index contributed by atoms with van der Waals surface area (Å²) < 4.78 is 23.5. The lowest BCUT2D eigenvalue weighted by molar-refractivity contribution is 0.563. The van der Waals surface area contributed by atoms with Crippen LogP contribution in [0.25, 0.3) is 0 Å². The number of anilines is 1. The molecule has 17 heavy (non-hydrogen) atoms. The maximum atomic E-state index is 11.7. The maximum absolute atomic E-state index is 11.7. The van der Waals surface area contributed by atoms with Crippen LogP contribution in [0.5, 0.6) is 0 Å². The van der Waals surface area contributed by atoms with E-state index in [4.69, 9.17) is 5.73 Å². The first kappa shape index (κ1) is 12.4. The molecule has 0 amide bonds. The number of benzene rings is 1. The molecule has 1 aliphatic heterocycles. The highest BCUT2D eigenvalue weighted by Crippen LogP contribution is 2.20. The van der Waals surface area contributed by atoms with E-state index in [0.717, 1.165) is 5.69 Å². The Morgan fingerprint density at radius 3 is 2.59 bits per heavy atom. The summed E-state index contributed by atoms with van der Waals surface area (Å²) in [4.78, 5) is 2.10. The van der Waals surface area contributed by atoms with E-state index >= 15 is 0 Å². The quantitative estimate of drug-likeness (QED) is 0.837. The van der Waals surface area contributed by atoms with Crippen molar-refractivity contribution in [2.45, 2.75) is 12.2 Å². The normalized spacial score (nSPS) is 23.6. The molecule has 1 fully saturated rings. The number of nitrogens with two attached hydrogens (primary N) is 1. The summed E-state index contributed by atoms with van der Waals surface area (Å²) in [5.74, 6) is 0.197. The lowest BCUT2D eigenvalue weighted by Gasteiger charge is -2.33. The molecular formula is C12H18N2O2S. The van der Waals surface area contributed by atoms with Gasteiger partial charge in [-0.25, -0.2) is 8.42 Å². The summed E-state index contributed by atoms with van der Waals surface area (Å²) in [7, 11) is -2.99. The highest BCUT2D eigenvalue weighted by molar-refractivity contribution is 7.92. The highest BCUT2D eigenvalue weighted by Gasteiger charge is 2.31.